The quantitative estimate of drug-likeness (QED) is 0.671. The van der Waals surface area contributed by atoms with Crippen LogP contribution in [-0.4, -0.2) is 45.4 Å². The molecule has 0 radical (unpaired) electrons. The van der Waals surface area contributed by atoms with Gasteiger partial charge in [-0.15, -0.1) is 12.4 Å². The first-order chi connectivity index (χ1) is 10.6. The van der Waals surface area contributed by atoms with Gasteiger partial charge >= 0.3 is 0 Å². The summed E-state index contributed by atoms with van der Waals surface area (Å²) in [5.74, 6) is 1.25. The van der Waals surface area contributed by atoms with Gasteiger partial charge in [0, 0.05) is 13.7 Å². The van der Waals surface area contributed by atoms with Gasteiger partial charge in [0.05, 0.1) is 19.8 Å². The number of nitrogens with one attached hydrogen (secondary N) is 1. The Labute approximate surface area is 144 Å². The van der Waals surface area contributed by atoms with Crippen molar-refractivity contribution in [1.29, 1.82) is 0 Å². The van der Waals surface area contributed by atoms with E-state index < -0.39 is 6.04 Å². The zero-order chi connectivity index (χ0) is 16.4. The summed E-state index contributed by atoms with van der Waals surface area (Å²) in [6.07, 6.45) is 0.692. The van der Waals surface area contributed by atoms with Crippen LogP contribution < -0.4 is 20.5 Å². The molecule has 0 bridgehead atoms. The van der Waals surface area contributed by atoms with Crippen molar-refractivity contribution in [3.63, 3.8) is 0 Å². The van der Waals surface area contributed by atoms with E-state index in [9.17, 15) is 4.79 Å². The van der Waals surface area contributed by atoms with Crippen LogP contribution in [0.4, 0.5) is 0 Å². The van der Waals surface area contributed by atoms with Crippen LogP contribution in [0, 0.1) is 0 Å². The smallest absolute Gasteiger partial charge is 0.239 e. The first-order valence-electron chi connectivity index (χ1n) is 7.53. The molecule has 0 spiro atoms. The van der Waals surface area contributed by atoms with E-state index in [2.05, 4.69) is 5.32 Å². The van der Waals surface area contributed by atoms with Gasteiger partial charge < -0.3 is 25.3 Å². The van der Waals surface area contributed by atoms with E-state index in [0.717, 1.165) is 17.1 Å². The second-order valence-corrected chi connectivity index (χ2v) is 4.75. The molecule has 0 saturated heterocycles. The lowest BCUT2D eigenvalue weighted by molar-refractivity contribution is -0.123. The molecule has 7 heteroatoms. The SMILES string of the molecule is CCOc1ccc(CCNC(=O)C(N)COC)cc1OCC.Cl. The molecule has 0 aliphatic rings. The Morgan fingerprint density at radius 3 is 2.48 bits per heavy atom. The summed E-state index contributed by atoms with van der Waals surface area (Å²) < 4.78 is 16.0. The number of halogens is 1. The van der Waals surface area contributed by atoms with E-state index >= 15 is 0 Å². The third-order valence-electron chi connectivity index (χ3n) is 3.00. The highest BCUT2D eigenvalue weighted by molar-refractivity contribution is 5.85. The molecule has 0 aromatic heterocycles. The zero-order valence-corrected chi connectivity index (χ0v) is 14.8. The molecular weight excluding hydrogens is 320 g/mol. The fraction of sp³-hybridized carbons (Fsp3) is 0.562. The summed E-state index contributed by atoms with van der Waals surface area (Å²) >= 11 is 0. The molecule has 1 unspecified atom stereocenters. The lowest BCUT2D eigenvalue weighted by Crippen LogP contribution is -2.44. The second-order valence-electron chi connectivity index (χ2n) is 4.75. The van der Waals surface area contributed by atoms with Crippen LogP contribution in [0.2, 0.25) is 0 Å². The fourth-order valence-corrected chi connectivity index (χ4v) is 1.97. The maximum Gasteiger partial charge on any atom is 0.239 e. The molecule has 1 rings (SSSR count). The number of nitrogens with two attached hydrogens (primary N) is 1. The first kappa shape index (κ1) is 21.5. The molecular formula is C16H27ClN2O4. The predicted octanol–water partition coefficient (Wildman–Crippen LogP) is 1.54. The van der Waals surface area contributed by atoms with Crippen LogP contribution in [0.1, 0.15) is 19.4 Å². The molecule has 0 saturated carbocycles. The number of methoxy groups -OCH3 is 1. The minimum absolute atomic E-state index is 0. The van der Waals surface area contributed by atoms with Crippen LogP contribution in [-0.2, 0) is 16.0 Å². The molecule has 0 aliphatic heterocycles. The first-order valence-corrected chi connectivity index (χ1v) is 7.53. The topological polar surface area (TPSA) is 82.8 Å². The van der Waals surface area contributed by atoms with Gasteiger partial charge in [-0.25, -0.2) is 0 Å². The number of benzene rings is 1. The Balaban J connectivity index is 0.00000484. The van der Waals surface area contributed by atoms with Crippen LogP contribution in [0.3, 0.4) is 0 Å². The van der Waals surface area contributed by atoms with Crippen molar-refractivity contribution in [2.45, 2.75) is 26.3 Å². The molecule has 23 heavy (non-hydrogen) atoms. The van der Waals surface area contributed by atoms with Gasteiger partial charge in [-0.2, -0.15) is 0 Å². The van der Waals surface area contributed by atoms with Crippen molar-refractivity contribution in [3.05, 3.63) is 23.8 Å². The van der Waals surface area contributed by atoms with Gasteiger partial charge in [-0.3, -0.25) is 4.79 Å². The maximum atomic E-state index is 11.7. The lowest BCUT2D eigenvalue weighted by Gasteiger charge is -2.13. The predicted molar refractivity (Wildman–Crippen MR) is 92.6 cm³/mol. The summed E-state index contributed by atoms with van der Waals surface area (Å²) in [6, 6.07) is 5.16. The van der Waals surface area contributed by atoms with Gasteiger partial charge in [0.25, 0.3) is 0 Å². The van der Waals surface area contributed by atoms with Crippen molar-refractivity contribution in [3.8, 4) is 11.5 Å². The highest BCUT2D eigenvalue weighted by Crippen LogP contribution is 2.28. The Hall–Kier alpha value is -1.50. The van der Waals surface area contributed by atoms with Crippen LogP contribution in [0.15, 0.2) is 18.2 Å². The van der Waals surface area contributed by atoms with E-state index in [1.54, 1.807) is 0 Å². The Bertz CT molecular complexity index is 471. The van der Waals surface area contributed by atoms with Crippen LogP contribution in [0.25, 0.3) is 0 Å². The van der Waals surface area contributed by atoms with E-state index in [0.29, 0.717) is 26.2 Å². The van der Waals surface area contributed by atoms with Crippen LogP contribution >= 0.6 is 12.4 Å². The normalized spacial score (nSPS) is 11.3. The Morgan fingerprint density at radius 2 is 1.87 bits per heavy atom. The second kappa shape index (κ2) is 12.0. The van der Waals surface area contributed by atoms with Crippen molar-refractivity contribution >= 4 is 18.3 Å². The number of rotatable bonds is 10. The number of ether oxygens (including phenoxy) is 3. The molecule has 0 heterocycles. The van der Waals surface area contributed by atoms with Gasteiger partial charge in [0.2, 0.25) is 5.91 Å². The Kier molecular flexibility index (Phi) is 11.2. The van der Waals surface area contributed by atoms with E-state index in [-0.39, 0.29) is 24.9 Å². The Morgan fingerprint density at radius 1 is 1.22 bits per heavy atom. The fourth-order valence-electron chi connectivity index (χ4n) is 1.97. The number of hydrogen-bond acceptors (Lipinski definition) is 5. The van der Waals surface area contributed by atoms with Gasteiger partial charge in [-0.1, -0.05) is 6.07 Å². The average molecular weight is 347 g/mol. The number of hydrogen-bond donors (Lipinski definition) is 2. The highest BCUT2D eigenvalue weighted by atomic mass is 35.5. The zero-order valence-electron chi connectivity index (χ0n) is 14.0. The van der Waals surface area contributed by atoms with Crippen molar-refractivity contribution in [2.75, 3.05) is 33.5 Å². The molecule has 0 aliphatic carbocycles. The van der Waals surface area contributed by atoms with Gasteiger partial charge in [0.15, 0.2) is 11.5 Å². The van der Waals surface area contributed by atoms with Gasteiger partial charge in [-0.05, 0) is 38.0 Å². The average Bonchev–Trinajstić information content (AvgIpc) is 2.50. The van der Waals surface area contributed by atoms with E-state index in [4.69, 9.17) is 19.9 Å². The standard InChI is InChI=1S/C16H26N2O4.ClH/c1-4-21-14-7-6-12(10-15(14)22-5-2)8-9-18-16(19)13(17)11-20-3;/h6-7,10,13H,4-5,8-9,11,17H2,1-3H3,(H,18,19);1H. The molecule has 1 atom stereocenters. The minimum atomic E-state index is -0.635. The number of carbonyl (C=O) groups is 1. The van der Waals surface area contributed by atoms with Crippen molar-refractivity contribution in [2.24, 2.45) is 5.73 Å². The largest absolute Gasteiger partial charge is 0.490 e. The third kappa shape index (κ3) is 7.54. The number of amides is 1. The van der Waals surface area contributed by atoms with Crippen LogP contribution in [0.5, 0.6) is 11.5 Å². The molecule has 6 nitrogen and oxygen atoms in total. The van der Waals surface area contributed by atoms with Crippen molar-refractivity contribution < 1.29 is 19.0 Å². The highest BCUT2D eigenvalue weighted by Gasteiger charge is 2.12. The van der Waals surface area contributed by atoms with Crippen molar-refractivity contribution in [1.82, 2.24) is 5.32 Å². The summed E-state index contributed by atoms with van der Waals surface area (Å²) in [4.78, 5) is 11.7. The summed E-state index contributed by atoms with van der Waals surface area (Å²) in [5.41, 5.74) is 6.71. The summed E-state index contributed by atoms with van der Waals surface area (Å²) in [5, 5.41) is 2.79. The van der Waals surface area contributed by atoms with E-state index in [1.165, 1.54) is 7.11 Å². The molecule has 1 amide bonds. The summed E-state index contributed by atoms with van der Waals surface area (Å²) in [6.45, 7) is 5.75. The minimum Gasteiger partial charge on any atom is -0.490 e. The monoisotopic (exact) mass is 346 g/mol. The third-order valence-corrected chi connectivity index (χ3v) is 3.00. The molecule has 3 N–H and O–H groups in total. The molecule has 132 valence electrons. The number of carbonyl (C=O) groups excluding carboxylic acids is 1. The summed E-state index contributed by atoms with van der Waals surface area (Å²) in [7, 11) is 1.52. The van der Waals surface area contributed by atoms with Gasteiger partial charge in [0.1, 0.15) is 6.04 Å². The lowest BCUT2D eigenvalue weighted by atomic mass is 10.1. The maximum absolute atomic E-state index is 11.7. The molecule has 0 fully saturated rings. The van der Waals surface area contributed by atoms with E-state index in [1.807, 2.05) is 32.0 Å². The molecule has 1 aromatic rings. The molecule has 1 aromatic carbocycles.